The van der Waals surface area contributed by atoms with E-state index in [2.05, 4.69) is 24.3 Å². The van der Waals surface area contributed by atoms with E-state index in [1.807, 2.05) is 54.6 Å². The molecule has 3 heteroatoms. The number of hydrogen-bond donors (Lipinski definition) is 0. The molecule has 0 N–H and O–H groups in total. The highest BCUT2D eigenvalue weighted by Crippen LogP contribution is 2.51. The molecular formula is C23H18O3. The summed E-state index contributed by atoms with van der Waals surface area (Å²) in [5.74, 6) is 2.52. The topological polar surface area (TPSA) is 27.7 Å². The lowest BCUT2D eigenvalue weighted by Gasteiger charge is -2.44. The summed E-state index contributed by atoms with van der Waals surface area (Å²) in [6, 6.07) is 24.4. The van der Waals surface area contributed by atoms with E-state index in [-0.39, 0.29) is 0 Å². The van der Waals surface area contributed by atoms with E-state index in [1.54, 1.807) is 7.11 Å². The summed E-state index contributed by atoms with van der Waals surface area (Å²) >= 11 is 0. The van der Waals surface area contributed by atoms with Crippen molar-refractivity contribution in [3.05, 3.63) is 95.1 Å². The minimum atomic E-state index is -0.669. The first-order valence-electron chi connectivity index (χ1n) is 8.67. The molecule has 2 heterocycles. The van der Waals surface area contributed by atoms with Crippen LogP contribution in [0.25, 0.3) is 6.08 Å². The molecule has 0 fully saturated rings. The van der Waals surface area contributed by atoms with Crippen LogP contribution < -0.4 is 14.2 Å². The Labute approximate surface area is 152 Å². The van der Waals surface area contributed by atoms with Crippen LogP contribution in [0.15, 0.2) is 78.4 Å². The van der Waals surface area contributed by atoms with Crippen LogP contribution in [0.3, 0.4) is 0 Å². The summed E-state index contributed by atoms with van der Waals surface area (Å²) in [6.45, 7) is 0.489. The quantitative estimate of drug-likeness (QED) is 0.669. The molecule has 2 aliphatic rings. The first-order valence-corrected chi connectivity index (χ1v) is 8.67. The second-order valence-corrected chi connectivity index (χ2v) is 6.51. The van der Waals surface area contributed by atoms with Gasteiger partial charge < -0.3 is 14.2 Å². The van der Waals surface area contributed by atoms with Crippen molar-refractivity contribution in [3.8, 4) is 17.2 Å². The van der Waals surface area contributed by atoms with Crippen molar-refractivity contribution in [2.45, 2.75) is 5.60 Å². The Balaban J connectivity index is 1.79. The molecule has 0 saturated carbocycles. The van der Waals surface area contributed by atoms with Crippen LogP contribution in [0.5, 0.6) is 17.2 Å². The largest absolute Gasteiger partial charge is 0.497 e. The van der Waals surface area contributed by atoms with Gasteiger partial charge >= 0.3 is 0 Å². The third-order valence-corrected chi connectivity index (χ3v) is 5.09. The van der Waals surface area contributed by atoms with Crippen LogP contribution >= 0.6 is 0 Å². The van der Waals surface area contributed by atoms with Gasteiger partial charge in [0.2, 0.25) is 0 Å². The van der Waals surface area contributed by atoms with Crippen molar-refractivity contribution in [1.29, 1.82) is 0 Å². The van der Waals surface area contributed by atoms with E-state index in [4.69, 9.17) is 14.2 Å². The third-order valence-electron chi connectivity index (χ3n) is 5.09. The fourth-order valence-electron chi connectivity index (χ4n) is 3.86. The van der Waals surface area contributed by atoms with E-state index in [0.29, 0.717) is 6.61 Å². The lowest BCUT2D eigenvalue weighted by atomic mass is 9.76. The Morgan fingerprint density at radius 2 is 1.69 bits per heavy atom. The molecule has 2 aliphatic heterocycles. The fourth-order valence-corrected chi connectivity index (χ4v) is 3.86. The van der Waals surface area contributed by atoms with Gasteiger partial charge in [-0.25, -0.2) is 0 Å². The Bertz CT molecular complexity index is 1010. The normalized spacial score (nSPS) is 19.8. The highest BCUT2D eigenvalue weighted by molar-refractivity contribution is 5.71. The fraction of sp³-hybridized carbons (Fsp3) is 0.130. The summed E-state index contributed by atoms with van der Waals surface area (Å²) in [7, 11) is 1.67. The van der Waals surface area contributed by atoms with Gasteiger partial charge in [-0.3, -0.25) is 0 Å². The highest BCUT2D eigenvalue weighted by Gasteiger charge is 2.47. The van der Waals surface area contributed by atoms with E-state index in [0.717, 1.165) is 39.5 Å². The number of rotatable bonds is 2. The van der Waals surface area contributed by atoms with Gasteiger partial charge in [-0.15, -0.1) is 0 Å². The monoisotopic (exact) mass is 342 g/mol. The second-order valence-electron chi connectivity index (χ2n) is 6.51. The molecule has 0 spiro atoms. The van der Waals surface area contributed by atoms with Gasteiger partial charge in [0, 0.05) is 22.3 Å². The zero-order valence-electron chi connectivity index (χ0n) is 14.4. The van der Waals surface area contributed by atoms with Gasteiger partial charge in [-0.1, -0.05) is 48.5 Å². The van der Waals surface area contributed by atoms with Gasteiger partial charge in [0.05, 0.1) is 7.11 Å². The zero-order valence-corrected chi connectivity index (χ0v) is 14.4. The van der Waals surface area contributed by atoms with Crippen molar-refractivity contribution >= 4 is 6.08 Å². The number of ether oxygens (including phenoxy) is 3. The summed E-state index contributed by atoms with van der Waals surface area (Å²) in [5.41, 5.74) is 3.56. The van der Waals surface area contributed by atoms with Crippen molar-refractivity contribution in [2.75, 3.05) is 13.7 Å². The van der Waals surface area contributed by atoms with Gasteiger partial charge in [-0.2, -0.15) is 0 Å². The Morgan fingerprint density at radius 3 is 2.54 bits per heavy atom. The maximum Gasteiger partial charge on any atom is 0.187 e. The highest BCUT2D eigenvalue weighted by atomic mass is 16.5. The summed E-state index contributed by atoms with van der Waals surface area (Å²) < 4.78 is 18.1. The average molecular weight is 342 g/mol. The summed E-state index contributed by atoms with van der Waals surface area (Å²) in [6.07, 6.45) is 2.17. The predicted octanol–water partition coefficient (Wildman–Crippen LogP) is 4.81. The molecule has 26 heavy (non-hydrogen) atoms. The van der Waals surface area contributed by atoms with Crippen LogP contribution in [0, 0.1) is 0 Å². The molecule has 1 unspecified atom stereocenters. The number of benzene rings is 3. The van der Waals surface area contributed by atoms with Crippen molar-refractivity contribution in [3.63, 3.8) is 0 Å². The molecule has 0 radical (unpaired) electrons. The third kappa shape index (κ3) is 2.07. The smallest absolute Gasteiger partial charge is 0.187 e. The lowest BCUT2D eigenvalue weighted by Crippen LogP contribution is -2.43. The van der Waals surface area contributed by atoms with Gasteiger partial charge in [-0.05, 0) is 30.3 Å². The standard InChI is InChI=1S/C23H18O3/c1-24-19-11-12-21-16(14-19)13-18-15-25-22-10-6-5-9-20(22)23(18,26-21)17-7-3-2-4-8-17/h2-14H,15H2,1H3. The van der Waals surface area contributed by atoms with Crippen LogP contribution in [0.2, 0.25) is 0 Å². The summed E-state index contributed by atoms with van der Waals surface area (Å²) in [5, 5.41) is 0. The first-order chi connectivity index (χ1) is 12.8. The van der Waals surface area contributed by atoms with Gasteiger partial charge in [0.25, 0.3) is 0 Å². The van der Waals surface area contributed by atoms with Gasteiger partial charge in [0.15, 0.2) is 5.60 Å². The maximum atomic E-state index is 6.73. The van der Waals surface area contributed by atoms with Crippen LogP contribution in [-0.2, 0) is 5.60 Å². The minimum Gasteiger partial charge on any atom is -0.497 e. The number of para-hydroxylation sites is 1. The predicted molar refractivity (Wildman–Crippen MR) is 101 cm³/mol. The van der Waals surface area contributed by atoms with E-state index < -0.39 is 5.60 Å². The number of hydrogen-bond acceptors (Lipinski definition) is 3. The molecule has 3 aromatic rings. The molecule has 3 nitrogen and oxygen atoms in total. The average Bonchev–Trinajstić information content (AvgIpc) is 2.72. The Kier molecular flexibility index (Phi) is 3.29. The SMILES string of the molecule is COc1ccc2c(c1)C=C1COc3ccccc3C1(c1ccccc1)O2. The lowest BCUT2D eigenvalue weighted by molar-refractivity contribution is 0.112. The van der Waals surface area contributed by atoms with Crippen molar-refractivity contribution in [1.82, 2.24) is 0 Å². The molecule has 0 amide bonds. The number of fused-ring (bicyclic) bond motifs is 4. The van der Waals surface area contributed by atoms with E-state index in [9.17, 15) is 0 Å². The maximum absolute atomic E-state index is 6.73. The molecule has 0 aromatic heterocycles. The zero-order chi connectivity index (χ0) is 17.6. The summed E-state index contributed by atoms with van der Waals surface area (Å²) in [4.78, 5) is 0. The Morgan fingerprint density at radius 1 is 0.885 bits per heavy atom. The van der Waals surface area contributed by atoms with E-state index >= 15 is 0 Å². The first kappa shape index (κ1) is 15.1. The van der Waals surface area contributed by atoms with E-state index in [1.165, 1.54) is 0 Å². The second kappa shape index (κ2) is 5.67. The molecule has 0 bridgehead atoms. The Hall–Kier alpha value is -3.20. The van der Waals surface area contributed by atoms with Crippen LogP contribution in [0.4, 0.5) is 0 Å². The van der Waals surface area contributed by atoms with Gasteiger partial charge in [0.1, 0.15) is 23.9 Å². The molecule has 5 rings (SSSR count). The molecule has 128 valence electrons. The molecular weight excluding hydrogens is 324 g/mol. The van der Waals surface area contributed by atoms with Crippen molar-refractivity contribution < 1.29 is 14.2 Å². The molecule has 0 aliphatic carbocycles. The minimum absolute atomic E-state index is 0.489. The van der Waals surface area contributed by atoms with Crippen LogP contribution in [-0.4, -0.2) is 13.7 Å². The molecule has 1 atom stereocenters. The molecule has 0 saturated heterocycles. The number of methoxy groups -OCH3 is 1. The molecule has 3 aromatic carbocycles. The van der Waals surface area contributed by atoms with Crippen molar-refractivity contribution in [2.24, 2.45) is 0 Å². The van der Waals surface area contributed by atoms with Crippen LogP contribution in [0.1, 0.15) is 16.7 Å².